The van der Waals surface area contributed by atoms with Gasteiger partial charge in [-0.3, -0.25) is 9.10 Å². The van der Waals surface area contributed by atoms with Gasteiger partial charge in [0.2, 0.25) is 10.0 Å². The standard InChI is InChI=1S/C23H24N2O3S/c1-18(20-9-5-3-6-10-20)24-23(26)21-15-13-19(14-16-21)17-25(29(2,27)28)22-11-7-4-8-12-22/h3-16,18H,17H2,1-2H3,(H,24,26)/t18-/m0/s1. The Balaban J connectivity index is 1.71. The molecule has 29 heavy (non-hydrogen) atoms. The summed E-state index contributed by atoms with van der Waals surface area (Å²) in [6, 6.07) is 25.6. The molecule has 0 aliphatic carbocycles. The molecule has 0 saturated carbocycles. The Morgan fingerprint density at radius 1 is 0.897 bits per heavy atom. The average molecular weight is 409 g/mol. The maximum Gasteiger partial charge on any atom is 0.251 e. The number of carbonyl (C=O) groups is 1. The first-order chi connectivity index (χ1) is 13.8. The van der Waals surface area contributed by atoms with Crippen molar-refractivity contribution in [2.24, 2.45) is 0 Å². The molecule has 0 fully saturated rings. The molecule has 0 saturated heterocycles. The van der Waals surface area contributed by atoms with Gasteiger partial charge in [0.25, 0.3) is 5.91 Å². The second-order valence-electron chi connectivity index (χ2n) is 6.91. The van der Waals surface area contributed by atoms with Crippen LogP contribution in [-0.2, 0) is 16.6 Å². The third-order valence-electron chi connectivity index (χ3n) is 4.63. The van der Waals surface area contributed by atoms with Gasteiger partial charge < -0.3 is 5.32 Å². The molecular formula is C23H24N2O3S. The number of amides is 1. The number of sulfonamides is 1. The van der Waals surface area contributed by atoms with E-state index >= 15 is 0 Å². The topological polar surface area (TPSA) is 66.5 Å². The number of nitrogens with zero attached hydrogens (tertiary/aromatic N) is 1. The molecule has 0 aromatic heterocycles. The van der Waals surface area contributed by atoms with E-state index in [0.29, 0.717) is 11.3 Å². The van der Waals surface area contributed by atoms with Gasteiger partial charge in [-0.25, -0.2) is 8.42 Å². The first kappa shape index (κ1) is 20.6. The molecule has 1 N–H and O–H groups in total. The second kappa shape index (κ2) is 8.92. The Bertz CT molecular complexity index is 1050. The highest BCUT2D eigenvalue weighted by Crippen LogP contribution is 2.20. The van der Waals surface area contributed by atoms with Crippen molar-refractivity contribution in [1.29, 1.82) is 0 Å². The van der Waals surface area contributed by atoms with Crippen molar-refractivity contribution in [3.63, 3.8) is 0 Å². The average Bonchev–Trinajstić information content (AvgIpc) is 2.73. The molecule has 5 nitrogen and oxygen atoms in total. The van der Waals surface area contributed by atoms with Gasteiger partial charge in [0.1, 0.15) is 0 Å². The van der Waals surface area contributed by atoms with Gasteiger partial charge in [-0.2, -0.15) is 0 Å². The number of anilines is 1. The Labute approximate surface area is 172 Å². The predicted octanol–water partition coefficient (Wildman–Crippen LogP) is 4.14. The van der Waals surface area contributed by atoms with Crippen molar-refractivity contribution < 1.29 is 13.2 Å². The van der Waals surface area contributed by atoms with Crippen LogP contribution in [0, 0.1) is 0 Å². The predicted molar refractivity (Wildman–Crippen MR) is 116 cm³/mol. The molecule has 1 atom stereocenters. The SMILES string of the molecule is C[C@H](NC(=O)c1ccc(CN(c2ccccc2)S(C)(=O)=O)cc1)c1ccccc1. The van der Waals surface area contributed by atoms with Crippen LogP contribution in [0.3, 0.4) is 0 Å². The molecular weight excluding hydrogens is 384 g/mol. The lowest BCUT2D eigenvalue weighted by atomic mass is 10.1. The lowest BCUT2D eigenvalue weighted by Gasteiger charge is -2.22. The van der Waals surface area contributed by atoms with Crippen LogP contribution in [-0.4, -0.2) is 20.6 Å². The van der Waals surface area contributed by atoms with Crippen LogP contribution >= 0.6 is 0 Å². The molecule has 0 heterocycles. The lowest BCUT2D eigenvalue weighted by molar-refractivity contribution is 0.0940. The number of hydrogen-bond acceptors (Lipinski definition) is 3. The third kappa shape index (κ3) is 5.45. The van der Waals surface area contributed by atoms with Crippen molar-refractivity contribution >= 4 is 21.6 Å². The van der Waals surface area contributed by atoms with E-state index in [0.717, 1.165) is 11.1 Å². The van der Waals surface area contributed by atoms with Crippen molar-refractivity contribution in [3.8, 4) is 0 Å². The van der Waals surface area contributed by atoms with Crippen molar-refractivity contribution in [1.82, 2.24) is 5.32 Å². The van der Waals surface area contributed by atoms with Crippen molar-refractivity contribution in [3.05, 3.63) is 102 Å². The van der Waals surface area contributed by atoms with Crippen molar-refractivity contribution in [2.75, 3.05) is 10.6 Å². The van der Waals surface area contributed by atoms with Crippen LogP contribution in [0.15, 0.2) is 84.9 Å². The fraction of sp³-hybridized carbons (Fsp3) is 0.174. The van der Waals surface area contributed by atoms with E-state index in [2.05, 4.69) is 5.32 Å². The molecule has 1 amide bonds. The summed E-state index contributed by atoms with van der Waals surface area (Å²) in [5.41, 5.74) is 2.96. The summed E-state index contributed by atoms with van der Waals surface area (Å²) in [6.45, 7) is 2.14. The quantitative estimate of drug-likeness (QED) is 0.639. The molecule has 3 aromatic carbocycles. The third-order valence-corrected chi connectivity index (χ3v) is 5.77. The molecule has 0 bridgehead atoms. The summed E-state index contributed by atoms with van der Waals surface area (Å²) in [6.07, 6.45) is 1.19. The minimum atomic E-state index is -3.44. The maximum absolute atomic E-state index is 12.5. The van der Waals surface area contributed by atoms with Crippen LogP contribution in [0.1, 0.15) is 34.5 Å². The van der Waals surface area contributed by atoms with Crippen molar-refractivity contribution in [2.45, 2.75) is 19.5 Å². The largest absolute Gasteiger partial charge is 0.346 e. The van der Waals surface area contributed by atoms with E-state index in [1.54, 1.807) is 48.5 Å². The Hall–Kier alpha value is -3.12. The number of hydrogen-bond donors (Lipinski definition) is 1. The summed E-state index contributed by atoms with van der Waals surface area (Å²) in [4.78, 5) is 12.5. The summed E-state index contributed by atoms with van der Waals surface area (Å²) in [7, 11) is -3.44. The van der Waals surface area contributed by atoms with Gasteiger partial charge >= 0.3 is 0 Å². The van der Waals surface area contributed by atoms with E-state index in [-0.39, 0.29) is 18.5 Å². The first-order valence-corrected chi connectivity index (χ1v) is 11.2. The summed E-state index contributed by atoms with van der Waals surface area (Å²) in [5.74, 6) is -0.170. The molecule has 0 aliphatic heterocycles. The summed E-state index contributed by atoms with van der Waals surface area (Å²) >= 11 is 0. The number of nitrogens with one attached hydrogen (secondary N) is 1. The molecule has 0 spiro atoms. The van der Waals surface area contributed by atoms with Crippen LogP contribution in [0.4, 0.5) is 5.69 Å². The zero-order valence-electron chi connectivity index (χ0n) is 16.4. The van der Waals surface area contributed by atoms with Crippen LogP contribution < -0.4 is 9.62 Å². The highest BCUT2D eigenvalue weighted by Gasteiger charge is 2.18. The van der Waals surface area contributed by atoms with Gasteiger partial charge in [0.05, 0.1) is 24.5 Å². The number of benzene rings is 3. The maximum atomic E-state index is 12.5. The number of para-hydroxylation sites is 1. The van der Waals surface area contributed by atoms with E-state index < -0.39 is 10.0 Å². The van der Waals surface area contributed by atoms with Gasteiger partial charge in [-0.15, -0.1) is 0 Å². The van der Waals surface area contributed by atoms with Gasteiger partial charge in [0.15, 0.2) is 0 Å². The van der Waals surface area contributed by atoms with Gasteiger partial charge in [0, 0.05) is 5.56 Å². The zero-order chi connectivity index (χ0) is 20.9. The monoisotopic (exact) mass is 408 g/mol. The van der Waals surface area contributed by atoms with Crippen LogP contribution in [0.5, 0.6) is 0 Å². The van der Waals surface area contributed by atoms with Gasteiger partial charge in [-0.1, -0.05) is 60.7 Å². The van der Waals surface area contributed by atoms with E-state index in [1.807, 2.05) is 43.3 Å². The molecule has 6 heteroatoms. The fourth-order valence-corrected chi connectivity index (χ4v) is 3.91. The minimum absolute atomic E-state index is 0.109. The Kier molecular flexibility index (Phi) is 6.34. The fourth-order valence-electron chi connectivity index (χ4n) is 3.03. The number of rotatable bonds is 7. The van der Waals surface area contributed by atoms with E-state index in [4.69, 9.17) is 0 Å². The van der Waals surface area contributed by atoms with E-state index in [9.17, 15) is 13.2 Å². The molecule has 150 valence electrons. The molecule has 0 radical (unpaired) electrons. The smallest absolute Gasteiger partial charge is 0.251 e. The Morgan fingerprint density at radius 3 is 2.00 bits per heavy atom. The molecule has 3 aromatic rings. The first-order valence-electron chi connectivity index (χ1n) is 9.32. The summed E-state index contributed by atoms with van der Waals surface area (Å²) in [5, 5.41) is 2.98. The molecule has 0 unspecified atom stereocenters. The highest BCUT2D eigenvalue weighted by atomic mass is 32.2. The van der Waals surface area contributed by atoms with E-state index in [1.165, 1.54) is 10.6 Å². The Morgan fingerprint density at radius 2 is 1.45 bits per heavy atom. The number of carbonyl (C=O) groups excluding carboxylic acids is 1. The van der Waals surface area contributed by atoms with Gasteiger partial charge in [-0.05, 0) is 42.3 Å². The molecule has 0 aliphatic rings. The summed E-state index contributed by atoms with van der Waals surface area (Å²) < 4.78 is 25.8. The minimum Gasteiger partial charge on any atom is -0.346 e. The highest BCUT2D eigenvalue weighted by molar-refractivity contribution is 7.92. The van der Waals surface area contributed by atoms with Crippen LogP contribution in [0.25, 0.3) is 0 Å². The molecule has 3 rings (SSSR count). The second-order valence-corrected chi connectivity index (χ2v) is 8.81. The lowest BCUT2D eigenvalue weighted by Crippen LogP contribution is -2.29. The zero-order valence-corrected chi connectivity index (χ0v) is 17.3. The van der Waals surface area contributed by atoms with Crippen LogP contribution in [0.2, 0.25) is 0 Å². The normalized spacial score (nSPS) is 12.2.